The predicted molar refractivity (Wildman–Crippen MR) is 117 cm³/mol. The molecule has 0 unspecified atom stereocenters. The quantitative estimate of drug-likeness (QED) is 0.609. The van der Waals surface area contributed by atoms with Gasteiger partial charge >= 0.3 is 0 Å². The van der Waals surface area contributed by atoms with Crippen molar-refractivity contribution < 1.29 is 13.2 Å². The third-order valence-electron chi connectivity index (χ3n) is 5.47. The molecule has 0 heterocycles. The van der Waals surface area contributed by atoms with Crippen molar-refractivity contribution in [3.8, 4) is 5.75 Å². The fourth-order valence-electron chi connectivity index (χ4n) is 3.83. The van der Waals surface area contributed by atoms with E-state index in [1.54, 1.807) is 12.1 Å². The standard InChI is InChI=1S/C22H31N3O3S/c1-25(19-8-3-2-4-9-19)17-18-7-5-6-10-22(18)24-15-16-28-20-11-13-21(14-12-20)29(23,26)27/h5-7,10-14,19,24H,2-4,8-9,15-17H2,1H3,(H2,23,26,27). The third-order valence-corrected chi connectivity index (χ3v) is 6.40. The molecule has 0 atom stereocenters. The molecule has 1 saturated carbocycles. The SMILES string of the molecule is CN(Cc1ccccc1NCCOc1ccc(S(N)(=O)=O)cc1)C1CCCCC1. The van der Waals surface area contributed by atoms with Crippen molar-refractivity contribution in [1.82, 2.24) is 4.90 Å². The van der Waals surface area contributed by atoms with Crippen LogP contribution in [0.5, 0.6) is 5.75 Å². The molecule has 0 bridgehead atoms. The lowest BCUT2D eigenvalue weighted by molar-refractivity contribution is 0.185. The van der Waals surface area contributed by atoms with E-state index in [4.69, 9.17) is 9.88 Å². The lowest BCUT2D eigenvalue weighted by Gasteiger charge is -2.31. The van der Waals surface area contributed by atoms with E-state index in [1.165, 1.54) is 49.8 Å². The molecule has 0 saturated heterocycles. The lowest BCUT2D eigenvalue weighted by Crippen LogP contribution is -2.33. The Labute approximate surface area is 174 Å². The first-order chi connectivity index (χ1) is 13.9. The molecule has 158 valence electrons. The number of nitrogens with zero attached hydrogens (tertiary/aromatic N) is 1. The largest absolute Gasteiger partial charge is 0.492 e. The van der Waals surface area contributed by atoms with Gasteiger partial charge < -0.3 is 10.1 Å². The number of nitrogens with one attached hydrogen (secondary N) is 1. The molecule has 0 aliphatic heterocycles. The minimum absolute atomic E-state index is 0.0824. The average molecular weight is 418 g/mol. The van der Waals surface area contributed by atoms with E-state index in [1.807, 2.05) is 6.07 Å². The summed E-state index contributed by atoms with van der Waals surface area (Å²) in [5, 5.41) is 8.57. The number of hydrogen-bond acceptors (Lipinski definition) is 5. The van der Waals surface area contributed by atoms with Gasteiger partial charge in [0.15, 0.2) is 0 Å². The van der Waals surface area contributed by atoms with Crippen molar-refractivity contribution in [3.63, 3.8) is 0 Å². The van der Waals surface area contributed by atoms with Gasteiger partial charge in [-0.05, 0) is 55.8 Å². The van der Waals surface area contributed by atoms with Crippen molar-refractivity contribution in [2.75, 3.05) is 25.5 Å². The maximum atomic E-state index is 11.3. The molecule has 1 fully saturated rings. The Morgan fingerprint density at radius 3 is 2.45 bits per heavy atom. The fraction of sp³-hybridized carbons (Fsp3) is 0.455. The van der Waals surface area contributed by atoms with E-state index in [0.29, 0.717) is 24.9 Å². The van der Waals surface area contributed by atoms with Crippen LogP contribution in [0, 0.1) is 0 Å². The molecule has 3 rings (SSSR count). The summed E-state index contributed by atoms with van der Waals surface area (Å²) in [5.41, 5.74) is 2.42. The summed E-state index contributed by atoms with van der Waals surface area (Å²) in [6.45, 7) is 2.06. The molecule has 0 radical (unpaired) electrons. The Morgan fingerprint density at radius 1 is 1.07 bits per heavy atom. The van der Waals surface area contributed by atoms with Crippen molar-refractivity contribution in [1.29, 1.82) is 0 Å². The first kappa shape index (κ1) is 21.6. The van der Waals surface area contributed by atoms with Crippen LogP contribution in [0.15, 0.2) is 53.4 Å². The number of nitrogens with two attached hydrogens (primary N) is 1. The zero-order valence-electron chi connectivity index (χ0n) is 17.0. The Morgan fingerprint density at radius 2 is 1.76 bits per heavy atom. The Hall–Kier alpha value is -2.09. The molecule has 1 aliphatic carbocycles. The maximum absolute atomic E-state index is 11.3. The number of rotatable bonds is 9. The molecular weight excluding hydrogens is 386 g/mol. The highest BCUT2D eigenvalue weighted by atomic mass is 32.2. The minimum atomic E-state index is -3.68. The van der Waals surface area contributed by atoms with E-state index in [9.17, 15) is 8.42 Å². The highest BCUT2D eigenvalue weighted by molar-refractivity contribution is 7.89. The van der Waals surface area contributed by atoms with Crippen LogP contribution in [-0.4, -0.2) is 39.6 Å². The molecule has 1 aliphatic rings. The zero-order valence-corrected chi connectivity index (χ0v) is 17.8. The molecule has 6 nitrogen and oxygen atoms in total. The Bertz CT molecular complexity index is 878. The number of hydrogen-bond donors (Lipinski definition) is 2. The third kappa shape index (κ3) is 6.45. The summed E-state index contributed by atoms with van der Waals surface area (Å²) in [4.78, 5) is 2.56. The fourth-order valence-corrected chi connectivity index (χ4v) is 4.35. The molecule has 2 aromatic carbocycles. The normalized spacial score (nSPS) is 15.4. The van der Waals surface area contributed by atoms with Crippen LogP contribution in [-0.2, 0) is 16.6 Å². The molecule has 0 aromatic heterocycles. The summed E-state index contributed by atoms with van der Waals surface area (Å²) in [6.07, 6.45) is 6.64. The van der Waals surface area contributed by atoms with E-state index >= 15 is 0 Å². The topological polar surface area (TPSA) is 84.7 Å². The molecule has 2 aromatic rings. The Balaban J connectivity index is 1.49. The van der Waals surface area contributed by atoms with Crippen molar-refractivity contribution in [2.45, 2.75) is 49.6 Å². The van der Waals surface area contributed by atoms with Gasteiger partial charge in [0.25, 0.3) is 0 Å². The average Bonchev–Trinajstić information content (AvgIpc) is 2.72. The number of para-hydroxylation sites is 1. The summed E-state index contributed by atoms with van der Waals surface area (Å²) in [6, 6.07) is 15.2. The van der Waals surface area contributed by atoms with Crippen LogP contribution in [0.1, 0.15) is 37.7 Å². The molecule has 29 heavy (non-hydrogen) atoms. The lowest BCUT2D eigenvalue weighted by atomic mass is 9.94. The molecule has 0 amide bonds. The van der Waals surface area contributed by atoms with Gasteiger partial charge in [0.2, 0.25) is 10.0 Å². The van der Waals surface area contributed by atoms with E-state index < -0.39 is 10.0 Å². The summed E-state index contributed by atoms with van der Waals surface area (Å²) in [7, 11) is -1.45. The molecular formula is C22H31N3O3S. The van der Waals surface area contributed by atoms with E-state index in [-0.39, 0.29) is 4.90 Å². The van der Waals surface area contributed by atoms with Gasteiger partial charge in [-0.2, -0.15) is 0 Å². The number of sulfonamides is 1. The number of anilines is 1. The predicted octanol–water partition coefficient (Wildman–Crippen LogP) is 3.59. The van der Waals surface area contributed by atoms with Crippen LogP contribution in [0.4, 0.5) is 5.69 Å². The highest BCUT2D eigenvalue weighted by Gasteiger charge is 2.18. The van der Waals surface area contributed by atoms with Gasteiger partial charge in [-0.15, -0.1) is 0 Å². The van der Waals surface area contributed by atoms with Crippen LogP contribution >= 0.6 is 0 Å². The van der Waals surface area contributed by atoms with Gasteiger partial charge in [-0.25, -0.2) is 13.6 Å². The first-order valence-electron chi connectivity index (χ1n) is 10.2. The first-order valence-corrected chi connectivity index (χ1v) is 11.8. The maximum Gasteiger partial charge on any atom is 0.238 e. The smallest absolute Gasteiger partial charge is 0.238 e. The minimum Gasteiger partial charge on any atom is -0.492 e. The summed E-state index contributed by atoms with van der Waals surface area (Å²) < 4.78 is 28.3. The summed E-state index contributed by atoms with van der Waals surface area (Å²) >= 11 is 0. The molecule has 3 N–H and O–H groups in total. The monoisotopic (exact) mass is 417 g/mol. The number of ether oxygens (including phenoxy) is 1. The molecule has 0 spiro atoms. The van der Waals surface area contributed by atoms with Crippen molar-refractivity contribution in [2.24, 2.45) is 5.14 Å². The highest BCUT2D eigenvalue weighted by Crippen LogP contribution is 2.25. The van der Waals surface area contributed by atoms with Crippen LogP contribution in [0.3, 0.4) is 0 Å². The van der Waals surface area contributed by atoms with Crippen LogP contribution < -0.4 is 15.2 Å². The van der Waals surface area contributed by atoms with E-state index in [2.05, 4.69) is 35.5 Å². The van der Waals surface area contributed by atoms with Crippen LogP contribution in [0.25, 0.3) is 0 Å². The van der Waals surface area contributed by atoms with Crippen LogP contribution in [0.2, 0.25) is 0 Å². The van der Waals surface area contributed by atoms with Crippen molar-refractivity contribution >= 4 is 15.7 Å². The second-order valence-electron chi connectivity index (χ2n) is 7.66. The van der Waals surface area contributed by atoms with Crippen molar-refractivity contribution in [3.05, 3.63) is 54.1 Å². The molecule has 7 heteroatoms. The Kier molecular flexibility index (Phi) is 7.52. The van der Waals surface area contributed by atoms with Gasteiger partial charge in [-0.3, -0.25) is 4.90 Å². The zero-order chi connectivity index (χ0) is 20.7. The van der Waals surface area contributed by atoms with Gasteiger partial charge in [0.1, 0.15) is 12.4 Å². The number of benzene rings is 2. The van der Waals surface area contributed by atoms with E-state index in [0.717, 1.165) is 12.2 Å². The summed E-state index contributed by atoms with van der Waals surface area (Å²) in [5.74, 6) is 0.615. The second kappa shape index (κ2) is 10.1. The number of primary sulfonamides is 1. The van der Waals surface area contributed by atoms with Gasteiger partial charge in [-0.1, -0.05) is 37.5 Å². The van der Waals surface area contributed by atoms with Gasteiger partial charge in [0, 0.05) is 24.8 Å². The second-order valence-corrected chi connectivity index (χ2v) is 9.22. The van der Waals surface area contributed by atoms with Gasteiger partial charge in [0.05, 0.1) is 4.90 Å².